The molecule has 0 spiro atoms. The number of rotatable bonds is 4. The van der Waals surface area contributed by atoms with Gasteiger partial charge in [0.05, 0.1) is 0 Å². The lowest BCUT2D eigenvalue weighted by Crippen LogP contribution is -2.39. The van der Waals surface area contributed by atoms with E-state index in [9.17, 15) is 9.59 Å². The second-order valence-corrected chi connectivity index (χ2v) is 6.38. The van der Waals surface area contributed by atoms with Crippen LogP contribution in [0.25, 0.3) is 22.6 Å². The Balaban J connectivity index is 2.00. The van der Waals surface area contributed by atoms with Crippen LogP contribution in [0.4, 0.5) is 0 Å². The summed E-state index contributed by atoms with van der Waals surface area (Å²) in [5.41, 5.74) is 0.898. The van der Waals surface area contributed by atoms with E-state index in [-0.39, 0.29) is 17.3 Å². The quantitative estimate of drug-likeness (QED) is 0.735. The first-order valence-electron chi connectivity index (χ1n) is 7.97. The van der Waals surface area contributed by atoms with E-state index in [0.717, 1.165) is 12.8 Å². The van der Waals surface area contributed by atoms with E-state index in [4.69, 9.17) is 11.6 Å². The van der Waals surface area contributed by atoms with Gasteiger partial charge in [0.1, 0.15) is 16.5 Å². The van der Waals surface area contributed by atoms with Gasteiger partial charge in [0.15, 0.2) is 5.65 Å². The molecule has 0 amide bonds. The molecule has 1 saturated carbocycles. The third kappa shape index (κ3) is 2.36. The molecular weight excluding hydrogens is 330 g/mol. The Bertz CT molecular complexity index is 1030. The SMILES string of the molecule is CCCn1c(=O)c2[nH]c(-c3ccc(Cl)nc3)nc2n(C2CC2)c1=O. The molecule has 1 aliphatic carbocycles. The molecule has 7 nitrogen and oxygen atoms in total. The molecule has 0 aliphatic heterocycles. The Kier molecular flexibility index (Phi) is 3.53. The minimum Gasteiger partial charge on any atom is -0.332 e. The normalized spacial score (nSPS) is 14.4. The van der Waals surface area contributed by atoms with E-state index in [1.807, 2.05) is 6.92 Å². The molecule has 1 fully saturated rings. The molecule has 3 aromatic heterocycles. The highest BCUT2D eigenvalue weighted by atomic mass is 35.5. The predicted octanol–water partition coefficient (Wildman–Crippen LogP) is 2.35. The summed E-state index contributed by atoms with van der Waals surface area (Å²) < 4.78 is 2.94. The van der Waals surface area contributed by atoms with Gasteiger partial charge in [-0.2, -0.15) is 0 Å². The van der Waals surface area contributed by atoms with Gasteiger partial charge in [-0.15, -0.1) is 0 Å². The first-order chi connectivity index (χ1) is 11.6. The van der Waals surface area contributed by atoms with Crippen molar-refractivity contribution in [1.29, 1.82) is 0 Å². The van der Waals surface area contributed by atoms with Crippen molar-refractivity contribution in [3.8, 4) is 11.4 Å². The molecule has 0 unspecified atom stereocenters. The van der Waals surface area contributed by atoms with E-state index in [1.54, 1.807) is 22.9 Å². The molecule has 8 heteroatoms. The molecule has 1 aliphatic rings. The summed E-state index contributed by atoms with van der Waals surface area (Å²) in [6, 6.07) is 3.56. The van der Waals surface area contributed by atoms with Crippen molar-refractivity contribution in [3.05, 3.63) is 44.3 Å². The van der Waals surface area contributed by atoms with Gasteiger partial charge in [-0.3, -0.25) is 13.9 Å². The van der Waals surface area contributed by atoms with Crippen molar-refractivity contribution in [2.24, 2.45) is 0 Å². The summed E-state index contributed by atoms with van der Waals surface area (Å²) in [5, 5.41) is 0.384. The van der Waals surface area contributed by atoms with Crippen molar-refractivity contribution in [3.63, 3.8) is 0 Å². The average Bonchev–Trinajstić information content (AvgIpc) is 3.30. The number of hydrogen-bond donors (Lipinski definition) is 1. The zero-order valence-corrected chi connectivity index (χ0v) is 13.9. The van der Waals surface area contributed by atoms with Crippen molar-refractivity contribution < 1.29 is 0 Å². The zero-order valence-electron chi connectivity index (χ0n) is 13.1. The summed E-state index contributed by atoms with van der Waals surface area (Å²) in [4.78, 5) is 37.0. The van der Waals surface area contributed by atoms with Crippen LogP contribution in [-0.2, 0) is 6.54 Å². The molecule has 0 saturated heterocycles. The lowest BCUT2D eigenvalue weighted by Gasteiger charge is -2.09. The number of pyridine rings is 1. The van der Waals surface area contributed by atoms with Gasteiger partial charge in [0.25, 0.3) is 5.56 Å². The Morgan fingerprint density at radius 1 is 1.33 bits per heavy atom. The zero-order chi connectivity index (χ0) is 16.8. The van der Waals surface area contributed by atoms with Crippen LogP contribution in [-0.4, -0.2) is 24.1 Å². The number of hydrogen-bond acceptors (Lipinski definition) is 4. The summed E-state index contributed by atoms with van der Waals surface area (Å²) >= 11 is 5.81. The minimum absolute atomic E-state index is 0.128. The fourth-order valence-corrected chi connectivity index (χ4v) is 2.98. The smallest absolute Gasteiger partial charge is 0.332 e. The molecule has 0 aromatic carbocycles. The largest absolute Gasteiger partial charge is 0.332 e. The monoisotopic (exact) mass is 345 g/mol. The van der Waals surface area contributed by atoms with Crippen molar-refractivity contribution >= 4 is 22.8 Å². The van der Waals surface area contributed by atoms with Crippen molar-refractivity contribution in [2.75, 3.05) is 0 Å². The van der Waals surface area contributed by atoms with Gasteiger partial charge in [-0.25, -0.2) is 14.8 Å². The molecule has 0 radical (unpaired) electrons. The van der Waals surface area contributed by atoms with Crippen LogP contribution in [0.3, 0.4) is 0 Å². The number of aromatic amines is 1. The van der Waals surface area contributed by atoms with Gasteiger partial charge in [0, 0.05) is 24.3 Å². The first kappa shape index (κ1) is 15.1. The van der Waals surface area contributed by atoms with Crippen molar-refractivity contribution in [2.45, 2.75) is 38.8 Å². The maximum Gasteiger partial charge on any atom is 0.332 e. The molecule has 3 heterocycles. The third-order valence-corrected chi connectivity index (χ3v) is 4.39. The standard InChI is InChI=1S/C16H16ClN5O2/c1-2-7-21-15(23)12-14(22(16(21)24)10-4-5-10)20-13(19-12)9-3-6-11(17)18-8-9/h3,6,8,10H,2,4-5,7H2,1H3,(H,19,20). The maximum absolute atomic E-state index is 12.7. The minimum atomic E-state index is -0.325. The van der Waals surface area contributed by atoms with Gasteiger partial charge in [-0.05, 0) is 31.4 Å². The van der Waals surface area contributed by atoms with E-state index in [0.29, 0.717) is 40.7 Å². The lowest BCUT2D eigenvalue weighted by atomic mass is 10.3. The molecule has 24 heavy (non-hydrogen) atoms. The molecular formula is C16H16ClN5O2. The van der Waals surface area contributed by atoms with E-state index >= 15 is 0 Å². The van der Waals surface area contributed by atoms with Gasteiger partial charge < -0.3 is 4.98 Å². The molecule has 3 aromatic rings. The van der Waals surface area contributed by atoms with E-state index in [2.05, 4.69) is 15.0 Å². The predicted molar refractivity (Wildman–Crippen MR) is 91.4 cm³/mol. The van der Waals surface area contributed by atoms with Crippen molar-refractivity contribution in [1.82, 2.24) is 24.1 Å². The summed E-state index contributed by atoms with van der Waals surface area (Å²) in [5.74, 6) is 0.509. The number of aromatic nitrogens is 5. The van der Waals surface area contributed by atoms with Crippen LogP contribution in [0.5, 0.6) is 0 Å². The van der Waals surface area contributed by atoms with Crippen LogP contribution in [0.2, 0.25) is 5.15 Å². The molecule has 124 valence electrons. The number of imidazole rings is 1. The van der Waals surface area contributed by atoms with Crippen LogP contribution in [0.1, 0.15) is 32.2 Å². The maximum atomic E-state index is 12.7. The molecule has 0 bridgehead atoms. The number of nitrogens with one attached hydrogen (secondary N) is 1. The molecule has 0 atom stereocenters. The highest BCUT2D eigenvalue weighted by Crippen LogP contribution is 2.35. The number of H-pyrrole nitrogens is 1. The van der Waals surface area contributed by atoms with Crippen LogP contribution < -0.4 is 11.2 Å². The van der Waals surface area contributed by atoms with E-state index < -0.39 is 0 Å². The topological polar surface area (TPSA) is 85.6 Å². The van der Waals surface area contributed by atoms with Crippen LogP contribution in [0, 0.1) is 0 Å². The average molecular weight is 346 g/mol. The van der Waals surface area contributed by atoms with E-state index in [1.165, 1.54) is 4.57 Å². The highest BCUT2D eigenvalue weighted by Gasteiger charge is 2.30. The third-order valence-electron chi connectivity index (χ3n) is 4.17. The first-order valence-corrected chi connectivity index (χ1v) is 8.35. The fourth-order valence-electron chi connectivity index (χ4n) is 2.87. The van der Waals surface area contributed by atoms with Gasteiger partial charge in [-0.1, -0.05) is 18.5 Å². The Morgan fingerprint density at radius 2 is 2.12 bits per heavy atom. The summed E-state index contributed by atoms with van der Waals surface area (Å²) in [6.45, 7) is 2.34. The van der Waals surface area contributed by atoms with Crippen LogP contribution >= 0.6 is 11.6 Å². The summed E-state index contributed by atoms with van der Waals surface area (Å²) in [6.07, 6.45) is 4.17. The second-order valence-electron chi connectivity index (χ2n) is 5.99. The number of halogens is 1. The Hall–Kier alpha value is -2.41. The Morgan fingerprint density at radius 3 is 2.75 bits per heavy atom. The second kappa shape index (κ2) is 5.59. The summed E-state index contributed by atoms with van der Waals surface area (Å²) in [7, 11) is 0. The Labute approximate surface area is 141 Å². The number of nitrogens with zero attached hydrogens (tertiary/aromatic N) is 4. The van der Waals surface area contributed by atoms with Gasteiger partial charge in [0.2, 0.25) is 0 Å². The van der Waals surface area contributed by atoms with Gasteiger partial charge >= 0.3 is 5.69 Å². The molecule has 4 rings (SSSR count). The lowest BCUT2D eigenvalue weighted by molar-refractivity contribution is 0.567. The van der Waals surface area contributed by atoms with Crippen LogP contribution in [0.15, 0.2) is 27.9 Å². The number of fused-ring (bicyclic) bond motifs is 1. The molecule has 1 N–H and O–H groups in total. The highest BCUT2D eigenvalue weighted by molar-refractivity contribution is 6.29. The fraction of sp³-hybridized carbons (Fsp3) is 0.375.